The number of carbonyl (C=O) groups is 1. The van der Waals surface area contributed by atoms with E-state index in [1.54, 1.807) is 17.5 Å². The van der Waals surface area contributed by atoms with Gasteiger partial charge in [-0.05, 0) is 17.5 Å². The van der Waals surface area contributed by atoms with Gasteiger partial charge in [-0.3, -0.25) is 4.79 Å². The van der Waals surface area contributed by atoms with Crippen molar-refractivity contribution in [3.63, 3.8) is 0 Å². The number of thioether (sulfide) groups is 1. The molecule has 2 aromatic carbocycles. The van der Waals surface area contributed by atoms with Crippen LogP contribution in [0.1, 0.15) is 0 Å². The number of ether oxygens (including phenoxy) is 3. The highest BCUT2D eigenvalue weighted by molar-refractivity contribution is 8.02. The lowest BCUT2D eigenvalue weighted by molar-refractivity contribution is -0.111. The van der Waals surface area contributed by atoms with Gasteiger partial charge in [0.2, 0.25) is 11.7 Å². The van der Waals surface area contributed by atoms with Gasteiger partial charge in [-0.15, -0.1) is 0 Å². The number of rotatable bonds is 7. The lowest BCUT2D eigenvalue weighted by Gasteiger charge is -2.14. The Morgan fingerprint density at radius 3 is 2.17 bits per heavy atom. The minimum atomic E-state index is -0.243. The highest BCUT2D eigenvalue weighted by Crippen LogP contribution is 2.39. The fraction of sp³-hybridized carbons (Fsp3) is 0.167. The molecule has 1 N–H and O–H groups in total. The molecule has 126 valence electrons. The third kappa shape index (κ3) is 4.70. The van der Waals surface area contributed by atoms with Gasteiger partial charge in [0.05, 0.1) is 21.3 Å². The van der Waals surface area contributed by atoms with Crippen molar-refractivity contribution < 1.29 is 19.0 Å². The summed E-state index contributed by atoms with van der Waals surface area (Å²) in [4.78, 5) is 13.1. The van der Waals surface area contributed by atoms with Crippen LogP contribution in [-0.2, 0) is 4.79 Å². The molecule has 0 fully saturated rings. The maximum absolute atomic E-state index is 12.0. The van der Waals surface area contributed by atoms with Gasteiger partial charge in [0.15, 0.2) is 11.5 Å². The monoisotopic (exact) mass is 345 g/mol. The van der Waals surface area contributed by atoms with Crippen molar-refractivity contribution in [1.82, 2.24) is 0 Å². The van der Waals surface area contributed by atoms with Crippen LogP contribution in [0.2, 0.25) is 0 Å². The predicted octanol–water partition coefficient (Wildman–Crippen LogP) is 3.96. The minimum Gasteiger partial charge on any atom is -0.493 e. The Hall–Kier alpha value is -2.60. The largest absolute Gasteiger partial charge is 0.493 e. The molecule has 24 heavy (non-hydrogen) atoms. The Kier molecular flexibility index (Phi) is 6.57. The molecule has 0 saturated heterocycles. The molecular weight excluding hydrogens is 326 g/mol. The van der Waals surface area contributed by atoms with Gasteiger partial charge >= 0.3 is 0 Å². The summed E-state index contributed by atoms with van der Waals surface area (Å²) in [5.41, 5.74) is 0.559. The molecular formula is C18H19NO4S. The molecule has 0 aromatic heterocycles. The lowest BCUT2D eigenvalue weighted by Crippen LogP contribution is -2.08. The SMILES string of the molecule is COc1cc(NC(=O)/C=C/Sc2ccccc2)cc(OC)c1OC. The van der Waals surface area contributed by atoms with E-state index in [2.05, 4.69) is 5.32 Å². The Labute approximate surface area is 145 Å². The lowest BCUT2D eigenvalue weighted by atomic mass is 10.2. The quantitative estimate of drug-likeness (QED) is 0.608. The number of hydrogen-bond donors (Lipinski definition) is 1. The molecule has 0 bridgehead atoms. The molecule has 2 aromatic rings. The number of hydrogen-bond acceptors (Lipinski definition) is 5. The topological polar surface area (TPSA) is 56.8 Å². The third-order valence-corrected chi connectivity index (χ3v) is 3.92. The maximum Gasteiger partial charge on any atom is 0.248 e. The Morgan fingerprint density at radius 1 is 1.00 bits per heavy atom. The number of anilines is 1. The summed E-state index contributed by atoms with van der Waals surface area (Å²) in [6.07, 6.45) is 1.47. The number of methoxy groups -OCH3 is 3. The fourth-order valence-corrected chi connectivity index (χ4v) is 2.67. The van der Waals surface area contributed by atoms with E-state index in [1.165, 1.54) is 39.2 Å². The number of amides is 1. The third-order valence-electron chi connectivity index (χ3n) is 3.10. The highest BCUT2D eigenvalue weighted by Gasteiger charge is 2.13. The van der Waals surface area contributed by atoms with Gasteiger partial charge in [0.25, 0.3) is 0 Å². The van der Waals surface area contributed by atoms with E-state index >= 15 is 0 Å². The summed E-state index contributed by atoms with van der Waals surface area (Å²) in [6.45, 7) is 0. The first kappa shape index (κ1) is 17.7. The van der Waals surface area contributed by atoms with Crippen LogP contribution >= 0.6 is 11.8 Å². The fourth-order valence-electron chi connectivity index (χ4n) is 2.01. The van der Waals surface area contributed by atoms with Crippen LogP contribution in [0.4, 0.5) is 5.69 Å². The summed E-state index contributed by atoms with van der Waals surface area (Å²) in [5, 5.41) is 4.51. The normalized spacial score (nSPS) is 10.5. The van der Waals surface area contributed by atoms with Crippen LogP contribution < -0.4 is 19.5 Å². The van der Waals surface area contributed by atoms with E-state index in [1.807, 2.05) is 30.3 Å². The van der Waals surface area contributed by atoms with Crippen LogP contribution in [0.15, 0.2) is 58.8 Å². The van der Waals surface area contributed by atoms with Gasteiger partial charge in [-0.2, -0.15) is 0 Å². The van der Waals surface area contributed by atoms with Crippen molar-refractivity contribution >= 4 is 23.4 Å². The molecule has 5 nitrogen and oxygen atoms in total. The Bertz CT molecular complexity index is 691. The van der Waals surface area contributed by atoms with Gasteiger partial charge in [-0.25, -0.2) is 0 Å². The maximum atomic E-state index is 12.0. The van der Waals surface area contributed by atoms with E-state index in [0.29, 0.717) is 22.9 Å². The van der Waals surface area contributed by atoms with Crippen molar-refractivity contribution in [1.29, 1.82) is 0 Å². The van der Waals surface area contributed by atoms with Crippen LogP contribution in [0, 0.1) is 0 Å². The molecule has 0 saturated carbocycles. The predicted molar refractivity (Wildman–Crippen MR) is 96.2 cm³/mol. The minimum absolute atomic E-state index is 0.243. The van der Waals surface area contributed by atoms with Crippen molar-refractivity contribution in [2.75, 3.05) is 26.6 Å². The highest BCUT2D eigenvalue weighted by atomic mass is 32.2. The zero-order chi connectivity index (χ0) is 17.4. The van der Waals surface area contributed by atoms with Crippen LogP contribution in [-0.4, -0.2) is 27.2 Å². The average Bonchev–Trinajstić information content (AvgIpc) is 2.61. The van der Waals surface area contributed by atoms with Crippen LogP contribution in [0.5, 0.6) is 17.2 Å². The van der Waals surface area contributed by atoms with Crippen molar-refractivity contribution in [2.24, 2.45) is 0 Å². The van der Waals surface area contributed by atoms with Gasteiger partial charge in [-0.1, -0.05) is 30.0 Å². The van der Waals surface area contributed by atoms with E-state index in [4.69, 9.17) is 14.2 Å². The summed E-state index contributed by atoms with van der Waals surface area (Å²) in [5.74, 6) is 1.20. The van der Waals surface area contributed by atoms with Crippen molar-refractivity contribution in [3.05, 3.63) is 53.9 Å². The smallest absolute Gasteiger partial charge is 0.248 e. The van der Waals surface area contributed by atoms with Crippen molar-refractivity contribution in [2.45, 2.75) is 4.90 Å². The standard InChI is InChI=1S/C18H19NO4S/c1-21-15-11-13(12-16(22-2)18(15)23-3)19-17(20)9-10-24-14-7-5-4-6-8-14/h4-12H,1-3H3,(H,19,20)/b10-9+. The molecule has 0 aliphatic carbocycles. The number of carbonyl (C=O) groups excluding carboxylic acids is 1. The van der Waals surface area contributed by atoms with E-state index in [0.717, 1.165) is 4.90 Å². The van der Waals surface area contributed by atoms with E-state index < -0.39 is 0 Å². The Morgan fingerprint density at radius 2 is 1.62 bits per heavy atom. The summed E-state index contributed by atoms with van der Waals surface area (Å²) in [6, 6.07) is 13.2. The van der Waals surface area contributed by atoms with Gasteiger partial charge in [0, 0.05) is 28.8 Å². The second-order valence-corrected chi connectivity index (χ2v) is 5.62. The Balaban J connectivity index is 2.05. The molecule has 0 heterocycles. The molecule has 0 spiro atoms. The van der Waals surface area contributed by atoms with Gasteiger partial charge < -0.3 is 19.5 Å². The van der Waals surface area contributed by atoms with Crippen molar-refractivity contribution in [3.8, 4) is 17.2 Å². The van der Waals surface area contributed by atoms with E-state index in [-0.39, 0.29) is 5.91 Å². The number of nitrogens with one attached hydrogen (secondary N) is 1. The molecule has 0 unspecified atom stereocenters. The first-order valence-electron chi connectivity index (χ1n) is 7.17. The molecule has 0 aliphatic rings. The molecule has 0 aliphatic heterocycles. The zero-order valence-electron chi connectivity index (χ0n) is 13.7. The van der Waals surface area contributed by atoms with Crippen LogP contribution in [0.3, 0.4) is 0 Å². The number of benzene rings is 2. The van der Waals surface area contributed by atoms with Gasteiger partial charge in [0.1, 0.15) is 0 Å². The van der Waals surface area contributed by atoms with E-state index in [9.17, 15) is 4.79 Å². The summed E-state index contributed by atoms with van der Waals surface area (Å²) >= 11 is 1.47. The summed E-state index contributed by atoms with van der Waals surface area (Å²) in [7, 11) is 4.58. The molecule has 2 rings (SSSR count). The summed E-state index contributed by atoms with van der Waals surface area (Å²) < 4.78 is 15.8. The average molecular weight is 345 g/mol. The zero-order valence-corrected chi connectivity index (χ0v) is 14.6. The molecule has 0 atom stereocenters. The first-order chi connectivity index (χ1) is 11.7. The van der Waals surface area contributed by atoms with Crippen LogP contribution in [0.25, 0.3) is 0 Å². The molecule has 6 heteroatoms. The second-order valence-electron chi connectivity index (χ2n) is 4.64. The molecule has 1 amide bonds. The first-order valence-corrected chi connectivity index (χ1v) is 8.05. The second kappa shape index (κ2) is 8.88. The molecule has 0 radical (unpaired) electrons.